The number of nitrogens with two attached hydrogens (primary N) is 1. The van der Waals surface area contributed by atoms with E-state index in [-0.39, 0.29) is 17.0 Å². The molecule has 0 saturated heterocycles. The smallest absolute Gasteiger partial charge is 0.255 e. The normalized spacial score (nSPS) is 13.6. The summed E-state index contributed by atoms with van der Waals surface area (Å²) in [5.41, 5.74) is 7.75. The van der Waals surface area contributed by atoms with Gasteiger partial charge in [0.1, 0.15) is 0 Å². The summed E-state index contributed by atoms with van der Waals surface area (Å²) in [4.78, 5) is 12.6. The minimum Gasteiger partial charge on any atom is -0.324 e. The first kappa shape index (κ1) is 16.0. The van der Waals surface area contributed by atoms with E-state index < -0.39 is 0 Å². The van der Waals surface area contributed by atoms with Gasteiger partial charge in [-0.2, -0.15) is 0 Å². The number of rotatable bonds is 5. The molecule has 0 aliphatic rings. The quantitative estimate of drug-likeness (QED) is 0.829. The van der Waals surface area contributed by atoms with Crippen LogP contribution < -0.4 is 11.3 Å². The maximum Gasteiger partial charge on any atom is 0.255 e. The average molecular weight is 264 g/mol. The molecular formula is C16H28N2O. The Morgan fingerprint density at radius 2 is 1.89 bits per heavy atom. The number of hydrogen-bond donors (Lipinski definition) is 1. The molecule has 0 radical (unpaired) electrons. The zero-order valence-electron chi connectivity index (χ0n) is 13.0. The van der Waals surface area contributed by atoms with E-state index in [0.717, 1.165) is 31.5 Å². The van der Waals surface area contributed by atoms with Gasteiger partial charge in [0.05, 0.1) is 0 Å². The number of hydrogen-bond acceptors (Lipinski definition) is 2. The Morgan fingerprint density at radius 3 is 2.37 bits per heavy atom. The maximum atomic E-state index is 12.6. The Kier molecular flexibility index (Phi) is 5.36. The SMILES string of the molecule is CCCCCn1c(C(C)(C)C)ccc(C(C)N)c1=O. The minimum atomic E-state index is -0.209. The van der Waals surface area contributed by atoms with E-state index in [1.54, 1.807) is 0 Å². The number of nitrogens with zero attached hydrogens (tertiary/aromatic N) is 1. The third-order valence-corrected chi connectivity index (χ3v) is 3.45. The summed E-state index contributed by atoms with van der Waals surface area (Å²) in [5.74, 6) is 0. The fourth-order valence-corrected chi connectivity index (χ4v) is 2.34. The van der Waals surface area contributed by atoms with Crippen LogP contribution in [0.25, 0.3) is 0 Å². The Balaban J connectivity index is 3.26. The van der Waals surface area contributed by atoms with Crippen LogP contribution in [0.3, 0.4) is 0 Å². The molecule has 1 aromatic rings. The first-order chi connectivity index (χ1) is 8.79. The van der Waals surface area contributed by atoms with Crippen molar-refractivity contribution < 1.29 is 0 Å². The maximum absolute atomic E-state index is 12.6. The van der Waals surface area contributed by atoms with Crippen molar-refractivity contribution in [3.05, 3.63) is 33.7 Å². The first-order valence-electron chi connectivity index (χ1n) is 7.28. The second-order valence-corrected chi connectivity index (χ2v) is 6.38. The standard InChI is InChI=1S/C16H28N2O/c1-6-7-8-11-18-14(16(3,4)5)10-9-13(12(2)17)15(18)19/h9-10,12H,6-8,11,17H2,1-5H3. The monoisotopic (exact) mass is 264 g/mol. The molecule has 2 N–H and O–H groups in total. The fourth-order valence-electron chi connectivity index (χ4n) is 2.34. The van der Waals surface area contributed by atoms with Crippen LogP contribution in [0.15, 0.2) is 16.9 Å². The molecule has 0 spiro atoms. The van der Waals surface area contributed by atoms with Gasteiger partial charge in [0.2, 0.25) is 0 Å². The zero-order chi connectivity index (χ0) is 14.6. The molecule has 1 rings (SSSR count). The van der Waals surface area contributed by atoms with Gasteiger partial charge in [0, 0.05) is 29.3 Å². The van der Waals surface area contributed by atoms with E-state index in [9.17, 15) is 4.79 Å². The van der Waals surface area contributed by atoms with E-state index in [4.69, 9.17) is 5.73 Å². The summed E-state index contributed by atoms with van der Waals surface area (Å²) < 4.78 is 1.92. The highest BCUT2D eigenvalue weighted by Crippen LogP contribution is 2.22. The van der Waals surface area contributed by atoms with Crippen LogP contribution in [-0.2, 0) is 12.0 Å². The molecule has 0 aliphatic carbocycles. The van der Waals surface area contributed by atoms with Gasteiger partial charge in [-0.1, -0.05) is 46.6 Å². The van der Waals surface area contributed by atoms with Gasteiger partial charge in [0.15, 0.2) is 0 Å². The first-order valence-corrected chi connectivity index (χ1v) is 7.28. The van der Waals surface area contributed by atoms with E-state index in [1.165, 1.54) is 0 Å². The van der Waals surface area contributed by atoms with Crippen molar-refractivity contribution in [1.29, 1.82) is 0 Å². The molecular weight excluding hydrogens is 236 g/mol. The molecule has 1 aromatic heterocycles. The van der Waals surface area contributed by atoms with Crippen LogP contribution in [0, 0.1) is 0 Å². The highest BCUT2D eigenvalue weighted by Gasteiger charge is 2.20. The van der Waals surface area contributed by atoms with Crippen LogP contribution in [0.1, 0.15) is 71.2 Å². The van der Waals surface area contributed by atoms with Crippen LogP contribution >= 0.6 is 0 Å². The summed E-state index contributed by atoms with van der Waals surface area (Å²) in [6, 6.07) is 3.74. The van der Waals surface area contributed by atoms with Gasteiger partial charge >= 0.3 is 0 Å². The molecule has 1 atom stereocenters. The molecule has 0 bridgehead atoms. The molecule has 1 heterocycles. The summed E-state index contributed by atoms with van der Waals surface area (Å²) in [6.07, 6.45) is 3.35. The minimum absolute atomic E-state index is 0.0261. The van der Waals surface area contributed by atoms with Crippen LogP contribution in [-0.4, -0.2) is 4.57 Å². The highest BCUT2D eigenvalue weighted by molar-refractivity contribution is 5.23. The van der Waals surface area contributed by atoms with Crippen LogP contribution in [0.2, 0.25) is 0 Å². The number of pyridine rings is 1. The number of unbranched alkanes of at least 4 members (excludes halogenated alkanes) is 2. The van der Waals surface area contributed by atoms with Gasteiger partial charge in [-0.25, -0.2) is 0 Å². The topological polar surface area (TPSA) is 48.0 Å². The van der Waals surface area contributed by atoms with Gasteiger partial charge in [-0.15, -0.1) is 0 Å². The highest BCUT2D eigenvalue weighted by atomic mass is 16.1. The van der Waals surface area contributed by atoms with Crippen molar-refractivity contribution in [2.45, 2.75) is 71.9 Å². The lowest BCUT2D eigenvalue weighted by Gasteiger charge is -2.25. The molecule has 0 aromatic carbocycles. The van der Waals surface area contributed by atoms with Crippen LogP contribution in [0.4, 0.5) is 0 Å². The molecule has 19 heavy (non-hydrogen) atoms. The van der Waals surface area contributed by atoms with Crippen molar-refractivity contribution in [3.63, 3.8) is 0 Å². The van der Waals surface area contributed by atoms with E-state index >= 15 is 0 Å². The molecule has 3 nitrogen and oxygen atoms in total. The molecule has 3 heteroatoms. The van der Waals surface area contributed by atoms with Gasteiger partial charge in [-0.05, 0) is 19.4 Å². The van der Waals surface area contributed by atoms with Gasteiger partial charge in [-0.3, -0.25) is 4.79 Å². The lowest BCUT2D eigenvalue weighted by atomic mass is 9.90. The summed E-state index contributed by atoms with van der Waals surface area (Å²) >= 11 is 0. The van der Waals surface area contributed by atoms with E-state index in [0.29, 0.717) is 5.56 Å². The van der Waals surface area contributed by atoms with Crippen molar-refractivity contribution in [3.8, 4) is 0 Å². The molecule has 0 aliphatic heterocycles. The Labute approximate surface area is 116 Å². The second-order valence-electron chi connectivity index (χ2n) is 6.38. The molecule has 0 amide bonds. The van der Waals surface area contributed by atoms with E-state index in [1.807, 2.05) is 17.6 Å². The zero-order valence-corrected chi connectivity index (χ0v) is 13.0. The second kappa shape index (κ2) is 6.38. The predicted octanol–water partition coefficient (Wildman–Crippen LogP) is 3.36. The van der Waals surface area contributed by atoms with Crippen molar-refractivity contribution in [2.75, 3.05) is 0 Å². The Hall–Kier alpha value is -1.09. The Bertz CT molecular complexity index is 467. The lowest BCUT2D eigenvalue weighted by Crippen LogP contribution is -2.33. The van der Waals surface area contributed by atoms with Crippen molar-refractivity contribution in [2.24, 2.45) is 5.73 Å². The third kappa shape index (κ3) is 3.93. The lowest BCUT2D eigenvalue weighted by molar-refractivity contribution is 0.480. The summed E-state index contributed by atoms with van der Waals surface area (Å²) in [5, 5.41) is 0. The molecule has 108 valence electrons. The summed E-state index contributed by atoms with van der Waals surface area (Å²) in [6.45, 7) is 11.3. The van der Waals surface area contributed by atoms with Crippen LogP contribution in [0.5, 0.6) is 0 Å². The third-order valence-electron chi connectivity index (χ3n) is 3.45. The fraction of sp³-hybridized carbons (Fsp3) is 0.688. The molecule has 1 unspecified atom stereocenters. The number of aromatic nitrogens is 1. The van der Waals surface area contributed by atoms with Gasteiger partial charge < -0.3 is 10.3 Å². The van der Waals surface area contributed by atoms with Gasteiger partial charge in [0.25, 0.3) is 5.56 Å². The summed E-state index contributed by atoms with van der Waals surface area (Å²) in [7, 11) is 0. The largest absolute Gasteiger partial charge is 0.324 e. The molecule has 0 saturated carbocycles. The molecule has 0 fully saturated rings. The van der Waals surface area contributed by atoms with E-state index in [2.05, 4.69) is 33.8 Å². The van der Waals surface area contributed by atoms with Crippen molar-refractivity contribution in [1.82, 2.24) is 4.57 Å². The Morgan fingerprint density at radius 1 is 1.26 bits per heavy atom. The van der Waals surface area contributed by atoms with Crippen molar-refractivity contribution >= 4 is 0 Å². The predicted molar refractivity (Wildman–Crippen MR) is 81.5 cm³/mol. The average Bonchev–Trinajstić information content (AvgIpc) is 2.29.